The van der Waals surface area contributed by atoms with E-state index in [4.69, 9.17) is 10.2 Å². The van der Waals surface area contributed by atoms with Crippen molar-refractivity contribution in [1.82, 2.24) is 4.98 Å². The molecule has 3 rings (SSSR count). The number of fused-ring (bicyclic) bond motifs is 1. The van der Waals surface area contributed by atoms with Crippen molar-refractivity contribution in [1.29, 1.82) is 0 Å². The zero-order chi connectivity index (χ0) is 12.5. The molecule has 2 N–H and O–H groups in total. The number of aryl methyl sites for hydroxylation is 1. The van der Waals surface area contributed by atoms with E-state index in [0.717, 1.165) is 53.2 Å². The van der Waals surface area contributed by atoms with E-state index in [1.54, 1.807) is 0 Å². The minimum Gasteiger partial charge on any atom is -0.441 e. The Morgan fingerprint density at radius 1 is 1.44 bits per heavy atom. The number of rotatable bonds is 2. The maximum absolute atomic E-state index is 5.89. The molecule has 0 spiro atoms. The van der Waals surface area contributed by atoms with Gasteiger partial charge in [-0.25, -0.2) is 4.98 Å². The normalized spacial score (nSPS) is 18.7. The highest BCUT2D eigenvalue weighted by Crippen LogP contribution is 2.30. The number of hydrogen-bond acceptors (Lipinski definition) is 3. The van der Waals surface area contributed by atoms with Gasteiger partial charge in [0, 0.05) is 16.5 Å². The molecule has 0 bridgehead atoms. The Balaban J connectivity index is 1.94. The summed E-state index contributed by atoms with van der Waals surface area (Å²) in [6, 6.07) is 8.03. The first-order chi connectivity index (χ1) is 8.76. The molecule has 1 aliphatic rings. The molecule has 3 nitrogen and oxygen atoms in total. The summed E-state index contributed by atoms with van der Waals surface area (Å²) in [5, 5.41) is 0. The van der Waals surface area contributed by atoms with Crippen LogP contribution in [-0.4, -0.2) is 11.5 Å². The van der Waals surface area contributed by atoms with Crippen molar-refractivity contribution >= 4 is 15.9 Å². The van der Waals surface area contributed by atoms with Gasteiger partial charge in [0.05, 0.1) is 5.69 Å². The zero-order valence-corrected chi connectivity index (χ0v) is 11.6. The summed E-state index contributed by atoms with van der Waals surface area (Å²) in [7, 11) is 0. The van der Waals surface area contributed by atoms with Gasteiger partial charge in [0.25, 0.3) is 0 Å². The summed E-state index contributed by atoms with van der Waals surface area (Å²) >= 11 is 3.47. The summed E-state index contributed by atoms with van der Waals surface area (Å²) in [6.45, 7) is 0.729. The molecule has 4 heteroatoms. The van der Waals surface area contributed by atoms with Crippen molar-refractivity contribution in [2.24, 2.45) is 11.7 Å². The maximum Gasteiger partial charge on any atom is 0.226 e. The smallest absolute Gasteiger partial charge is 0.226 e. The minimum absolute atomic E-state index is 0.542. The zero-order valence-electron chi connectivity index (χ0n) is 10.0. The summed E-state index contributed by atoms with van der Waals surface area (Å²) < 4.78 is 6.93. The molecule has 1 aliphatic carbocycles. The van der Waals surface area contributed by atoms with Crippen molar-refractivity contribution < 1.29 is 4.42 Å². The second-order valence-electron chi connectivity index (χ2n) is 4.74. The van der Waals surface area contributed by atoms with E-state index in [9.17, 15) is 0 Å². The van der Waals surface area contributed by atoms with E-state index < -0.39 is 0 Å². The molecule has 94 valence electrons. The van der Waals surface area contributed by atoms with Gasteiger partial charge in [0.2, 0.25) is 5.89 Å². The van der Waals surface area contributed by atoms with Crippen molar-refractivity contribution in [2.75, 3.05) is 6.54 Å². The average Bonchev–Trinajstić information content (AvgIpc) is 2.81. The molecule has 0 fully saturated rings. The Morgan fingerprint density at radius 3 is 3.11 bits per heavy atom. The fraction of sp³-hybridized carbons (Fsp3) is 0.357. The van der Waals surface area contributed by atoms with Crippen LogP contribution in [-0.2, 0) is 12.8 Å². The van der Waals surface area contributed by atoms with Crippen LogP contribution in [0.5, 0.6) is 0 Å². The number of nitrogens with two attached hydrogens (primary N) is 1. The molecular formula is C14H15BrN2O. The Bertz CT molecular complexity index is 565. The monoisotopic (exact) mass is 306 g/mol. The topological polar surface area (TPSA) is 52.0 Å². The van der Waals surface area contributed by atoms with Gasteiger partial charge in [-0.2, -0.15) is 0 Å². The van der Waals surface area contributed by atoms with E-state index in [1.165, 1.54) is 0 Å². The van der Waals surface area contributed by atoms with Crippen molar-refractivity contribution in [3.8, 4) is 11.5 Å². The second kappa shape index (κ2) is 4.86. The lowest BCUT2D eigenvalue weighted by atomic mass is 9.91. The van der Waals surface area contributed by atoms with E-state index in [2.05, 4.69) is 20.9 Å². The molecule has 0 amide bonds. The number of oxazole rings is 1. The van der Waals surface area contributed by atoms with Gasteiger partial charge in [0.15, 0.2) is 0 Å². The third kappa shape index (κ3) is 2.22. The number of halogens is 1. The first kappa shape index (κ1) is 11.9. The van der Waals surface area contributed by atoms with E-state index in [0.29, 0.717) is 5.92 Å². The van der Waals surface area contributed by atoms with Crippen molar-refractivity contribution in [2.45, 2.75) is 19.3 Å². The lowest BCUT2D eigenvalue weighted by molar-refractivity contribution is 0.401. The first-order valence-corrected chi connectivity index (χ1v) is 7.00. The standard InChI is InChI=1S/C14H15BrN2O/c15-11-3-1-2-10(7-11)14-17-12-5-4-9(8-16)6-13(12)18-14/h1-3,7,9H,4-6,8,16H2. The van der Waals surface area contributed by atoms with Crippen LogP contribution < -0.4 is 5.73 Å². The second-order valence-corrected chi connectivity index (χ2v) is 5.66. The lowest BCUT2D eigenvalue weighted by Crippen LogP contribution is -2.21. The van der Waals surface area contributed by atoms with Crippen LogP contribution in [0.4, 0.5) is 0 Å². The molecule has 0 aliphatic heterocycles. The Morgan fingerprint density at radius 2 is 2.33 bits per heavy atom. The third-order valence-corrected chi connectivity index (χ3v) is 3.94. The summed E-state index contributed by atoms with van der Waals surface area (Å²) in [6.07, 6.45) is 3.02. The van der Waals surface area contributed by atoms with E-state index >= 15 is 0 Å². The van der Waals surface area contributed by atoms with Gasteiger partial charge in [-0.1, -0.05) is 22.0 Å². The molecular weight excluding hydrogens is 292 g/mol. The number of benzene rings is 1. The summed E-state index contributed by atoms with van der Waals surface area (Å²) in [5.74, 6) is 2.28. The number of nitrogens with zero attached hydrogens (tertiary/aromatic N) is 1. The molecule has 0 saturated heterocycles. The van der Waals surface area contributed by atoms with Gasteiger partial charge in [-0.05, 0) is 43.5 Å². The molecule has 0 saturated carbocycles. The Labute approximate surface area is 115 Å². The van der Waals surface area contributed by atoms with Crippen molar-refractivity contribution in [3.05, 3.63) is 40.2 Å². The Hall–Kier alpha value is -1.13. The van der Waals surface area contributed by atoms with Crippen LogP contribution in [0.15, 0.2) is 33.2 Å². The van der Waals surface area contributed by atoms with Crippen LogP contribution in [0, 0.1) is 5.92 Å². The molecule has 1 aromatic heterocycles. The van der Waals surface area contributed by atoms with Crippen molar-refractivity contribution in [3.63, 3.8) is 0 Å². The predicted molar refractivity (Wildman–Crippen MR) is 74.2 cm³/mol. The molecule has 18 heavy (non-hydrogen) atoms. The fourth-order valence-corrected chi connectivity index (χ4v) is 2.79. The summed E-state index contributed by atoms with van der Waals surface area (Å²) in [5.41, 5.74) is 7.85. The van der Waals surface area contributed by atoms with Crippen LogP contribution in [0.3, 0.4) is 0 Å². The maximum atomic E-state index is 5.89. The minimum atomic E-state index is 0.542. The van der Waals surface area contributed by atoms with Crippen LogP contribution in [0.1, 0.15) is 17.9 Å². The first-order valence-electron chi connectivity index (χ1n) is 6.21. The van der Waals surface area contributed by atoms with Gasteiger partial charge < -0.3 is 10.2 Å². The molecule has 0 radical (unpaired) electrons. The molecule has 1 aromatic carbocycles. The highest BCUT2D eigenvalue weighted by atomic mass is 79.9. The van der Waals surface area contributed by atoms with Crippen LogP contribution in [0.25, 0.3) is 11.5 Å². The molecule has 1 atom stereocenters. The molecule has 1 heterocycles. The largest absolute Gasteiger partial charge is 0.441 e. The van der Waals surface area contributed by atoms with E-state index in [1.807, 2.05) is 24.3 Å². The molecule has 1 unspecified atom stereocenters. The highest BCUT2D eigenvalue weighted by molar-refractivity contribution is 9.10. The third-order valence-electron chi connectivity index (χ3n) is 3.45. The van der Waals surface area contributed by atoms with Crippen LogP contribution in [0.2, 0.25) is 0 Å². The predicted octanol–water partition coefficient (Wildman–Crippen LogP) is 3.17. The van der Waals surface area contributed by atoms with Gasteiger partial charge in [-0.15, -0.1) is 0 Å². The average molecular weight is 307 g/mol. The van der Waals surface area contributed by atoms with Gasteiger partial charge in [0.1, 0.15) is 5.76 Å². The van der Waals surface area contributed by atoms with Crippen LogP contribution >= 0.6 is 15.9 Å². The SMILES string of the molecule is NCC1CCc2nc(-c3cccc(Br)c3)oc2C1. The lowest BCUT2D eigenvalue weighted by Gasteiger charge is -2.17. The van der Waals surface area contributed by atoms with Gasteiger partial charge >= 0.3 is 0 Å². The molecule has 2 aromatic rings. The fourth-order valence-electron chi connectivity index (χ4n) is 2.39. The number of aromatic nitrogens is 1. The quantitative estimate of drug-likeness (QED) is 0.927. The van der Waals surface area contributed by atoms with E-state index in [-0.39, 0.29) is 0 Å². The summed E-state index contributed by atoms with van der Waals surface area (Å²) in [4.78, 5) is 4.60. The highest BCUT2D eigenvalue weighted by Gasteiger charge is 2.23. The van der Waals surface area contributed by atoms with Gasteiger partial charge in [-0.3, -0.25) is 0 Å². The Kier molecular flexibility index (Phi) is 3.22. The number of hydrogen-bond donors (Lipinski definition) is 1.